The number of nitrogens with zero attached hydrogens (tertiary/aromatic N) is 4. The summed E-state index contributed by atoms with van der Waals surface area (Å²) in [7, 11) is 0. The number of thioether (sulfide) groups is 1. The molecule has 0 spiro atoms. The Kier molecular flexibility index (Phi) is 7.05. The summed E-state index contributed by atoms with van der Waals surface area (Å²) in [6.07, 6.45) is 3.49. The van der Waals surface area contributed by atoms with E-state index in [2.05, 4.69) is 15.6 Å². The van der Waals surface area contributed by atoms with E-state index < -0.39 is 0 Å². The van der Waals surface area contributed by atoms with Crippen molar-refractivity contribution in [3.8, 4) is 11.4 Å². The van der Waals surface area contributed by atoms with Crippen LogP contribution in [0.4, 0.5) is 0 Å². The summed E-state index contributed by atoms with van der Waals surface area (Å²) in [6, 6.07) is 14.1. The largest absolute Gasteiger partial charge is 0.346 e. The maximum atomic E-state index is 12.2. The van der Waals surface area contributed by atoms with Crippen molar-refractivity contribution in [2.45, 2.75) is 11.4 Å². The molecule has 0 aliphatic carbocycles. The van der Waals surface area contributed by atoms with Gasteiger partial charge in [0.15, 0.2) is 0 Å². The highest BCUT2D eigenvalue weighted by Crippen LogP contribution is 2.28. The SMILES string of the molecule is NCCSc1cc(-n2ccccc2=O)ccc1-n1cc(CNC(=O)c2ccc(Cl)s2)nn1. The van der Waals surface area contributed by atoms with E-state index in [1.165, 1.54) is 17.4 Å². The highest BCUT2D eigenvalue weighted by atomic mass is 35.5. The number of rotatable bonds is 8. The zero-order valence-corrected chi connectivity index (χ0v) is 19.2. The number of pyridine rings is 1. The number of aromatic nitrogens is 4. The number of nitrogens with one attached hydrogen (secondary N) is 1. The number of carbonyl (C=O) groups excluding carboxylic acids is 1. The lowest BCUT2D eigenvalue weighted by atomic mass is 10.2. The van der Waals surface area contributed by atoms with Crippen LogP contribution in [0.15, 0.2) is 70.6 Å². The molecule has 3 aromatic heterocycles. The van der Waals surface area contributed by atoms with Crippen molar-refractivity contribution in [3.63, 3.8) is 0 Å². The number of amides is 1. The number of hydrogen-bond acceptors (Lipinski definition) is 7. The van der Waals surface area contributed by atoms with Gasteiger partial charge in [-0.2, -0.15) is 0 Å². The van der Waals surface area contributed by atoms with Crippen LogP contribution < -0.4 is 16.6 Å². The van der Waals surface area contributed by atoms with E-state index in [9.17, 15) is 9.59 Å². The number of thiophene rings is 1. The van der Waals surface area contributed by atoms with Gasteiger partial charge >= 0.3 is 0 Å². The standard InChI is InChI=1S/C21H19ClN6O2S2/c22-19-7-6-17(32-19)21(30)24-12-14-13-28(26-25-14)16-5-4-15(11-18(16)31-10-8-23)27-9-2-1-3-20(27)29/h1-7,9,11,13H,8,10,12,23H2,(H,24,30). The highest BCUT2D eigenvalue weighted by molar-refractivity contribution is 7.99. The third-order valence-electron chi connectivity index (χ3n) is 4.43. The Labute approximate surface area is 197 Å². The van der Waals surface area contributed by atoms with Crippen LogP contribution in [0.1, 0.15) is 15.4 Å². The summed E-state index contributed by atoms with van der Waals surface area (Å²) in [4.78, 5) is 25.9. The van der Waals surface area contributed by atoms with Crippen molar-refractivity contribution in [3.05, 3.63) is 86.2 Å². The second kappa shape index (κ2) is 10.1. The normalized spacial score (nSPS) is 10.9. The zero-order valence-electron chi connectivity index (χ0n) is 16.8. The number of benzene rings is 1. The molecule has 0 saturated carbocycles. The quantitative estimate of drug-likeness (QED) is 0.370. The molecule has 1 amide bonds. The highest BCUT2D eigenvalue weighted by Gasteiger charge is 2.13. The molecule has 4 aromatic rings. The fraction of sp³-hybridized carbons (Fsp3) is 0.143. The summed E-state index contributed by atoms with van der Waals surface area (Å²) in [5.41, 5.74) is 7.76. The van der Waals surface area contributed by atoms with Crippen molar-refractivity contribution in [2.24, 2.45) is 5.73 Å². The Bertz CT molecular complexity index is 1300. The van der Waals surface area contributed by atoms with Crippen molar-refractivity contribution in [1.82, 2.24) is 24.9 Å². The van der Waals surface area contributed by atoms with E-state index in [1.807, 2.05) is 24.3 Å². The van der Waals surface area contributed by atoms with E-state index in [1.54, 1.807) is 51.6 Å². The van der Waals surface area contributed by atoms with Gasteiger partial charge in [0.2, 0.25) is 0 Å². The molecule has 3 heterocycles. The average molecular weight is 487 g/mol. The first-order valence-corrected chi connectivity index (χ1v) is 11.8. The maximum absolute atomic E-state index is 12.2. The number of carbonyl (C=O) groups is 1. The number of hydrogen-bond donors (Lipinski definition) is 2. The van der Waals surface area contributed by atoms with Crippen LogP contribution >= 0.6 is 34.7 Å². The predicted octanol–water partition coefficient (Wildman–Crippen LogP) is 3.11. The molecule has 8 nitrogen and oxygen atoms in total. The van der Waals surface area contributed by atoms with Gasteiger partial charge < -0.3 is 11.1 Å². The Morgan fingerprint density at radius 2 is 2.09 bits per heavy atom. The molecule has 0 bridgehead atoms. The number of nitrogens with two attached hydrogens (primary N) is 1. The second-order valence-electron chi connectivity index (χ2n) is 6.64. The molecule has 0 aliphatic rings. The predicted molar refractivity (Wildman–Crippen MR) is 127 cm³/mol. The Morgan fingerprint density at radius 3 is 2.84 bits per heavy atom. The summed E-state index contributed by atoms with van der Waals surface area (Å²) in [5.74, 6) is 0.495. The van der Waals surface area contributed by atoms with Gasteiger partial charge in [0.1, 0.15) is 5.69 Å². The minimum absolute atomic E-state index is 0.110. The summed E-state index contributed by atoms with van der Waals surface area (Å²) in [5, 5.41) is 11.2. The minimum Gasteiger partial charge on any atom is -0.346 e. The molecule has 0 atom stereocenters. The van der Waals surface area contributed by atoms with Crippen LogP contribution in [0, 0.1) is 0 Å². The molecule has 0 radical (unpaired) electrons. The molecule has 4 rings (SSSR count). The monoisotopic (exact) mass is 486 g/mol. The fourth-order valence-corrected chi connectivity index (χ4v) is 4.77. The van der Waals surface area contributed by atoms with E-state index in [4.69, 9.17) is 17.3 Å². The van der Waals surface area contributed by atoms with Gasteiger partial charge in [0.05, 0.1) is 27.6 Å². The summed E-state index contributed by atoms with van der Waals surface area (Å²) < 4.78 is 3.79. The Balaban J connectivity index is 1.56. The number of halogens is 1. The molecule has 0 unspecified atom stereocenters. The van der Waals surface area contributed by atoms with Crippen molar-refractivity contribution in [2.75, 3.05) is 12.3 Å². The van der Waals surface area contributed by atoms with E-state index in [0.29, 0.717) is 27.2 Å². The smallest absolute Gasteiger partial charge is 0.261 e. The van der Waals surface area contributed by atoms with E-state index >= 15 is 0 Å². The van der Waals surface area contributed by atoms with Crippen LogP contribution in [-0.4, -0.2) is 37.8 Å². The molecule has 0 saturated heterocycles. The van der Waals surface area contributed by atoms with E-state index in [0.717, 1.165) is 16.3 Å². The summed E-state index contributed by atoms with van der Waals surface area (Å²) in [6.45, 7) is 0.748. The molecule has 0 aliphatic heterocycles. The van der Waals surface area contributed by atoms with Crippen LogP contribution in [-0.2, 0) is 6.54 Å². The van der Waals surface area contributed by atoms with E-state index in [-0.39, 0.29) is 18.0 Å². The van der Waals surface area contributed by atoms with Crippen LogP contribution in [0.5, 0.6) is 0 Å². The Morgan fingerprint density at radius 1 is 1.22 bits per heavy atom. The lowest BCUT2D eigenvalue weighted by molar-refractivity contribution is 0.0954. The van der Waals surface area contributed by atoms with Crippen LogP contribution in [0.25, 0.3) is 11.4 Å². The maximum Gasteiger partial charge on any atom is 0.261 e. The molecule has 11 heteroatoms. The molecule has 3 N–H and O–H groups in total. The third kappa shape index (κ3) is 5.10. The minimum atomic E-state index is -0.215. The summed E-state index contributed by atoms with van der Waals surface area (Å²) >= 11 is 8.68. The van der Waals surface area contributed by atoms with Crippen molar-refractivity contribution >= 4 is 40.6 Å². The molecule has 32 heavy (non-hydrogen) atoms. The first-order valence-electron chi connectivity index (χ1n) is 9.65. The van der Waals surface area contributed by atoms with Gasteiger partial charge in [0, 0.05) is 35.1 Å². The second-order valence-corrected chi connectivity index (χ2v) is 9.49. The molecule has 164 valence electrons. The fourth-order valence-electron chi connectivity index (χ4n) is 2.96. The van der Waals surface area contributed by atoms with Crippen LogP contribution in [0.2, 0.25) is 4.34 Å². The van der Waals surface area contributed by atoms with Gasteiger partial charge in [-0.3, -0.25) is 14.2 Å². The third-order valence-corrected chi connectivity index (χ3v) is 6.74. The van der Waals surface area contributed by atoms with Gasteiger partial charge in [-0.1, -0.05) is 22.9 Å². The lowest BCUT2D eigenvalue weighted by Gasteiger charge is -2.12. The average Bonchev–Trinajstić information content (AvgIpc) is 3.45. The van der Waals surface area contributed by atoms with Gasteiger partial charge in [-0.05, 0) is 36.4 Å². The topological polar surface area (TPSA) is 108 Å². The van der Waals surface area contributed by atoms with Crippen molar-refractivity contribution in [1.29, 1.82) is 0 Å². The molecule has 1 aromatic carbocycles. The zero-order chi connectivity index (χ0) is 22.5. The van der Waals surface area contributed by atoms with Gasteiger partial charge in [-0.15, -0.1) is 28.2 Å². The first kappa shape index (κ1) is 22.3. The van der Waals surface area contributed by atoms with Crippen LogP contribution in [0.3, 0.4) is 0 Å². The first-order chi connectivity index (χ1) is 15.5. The van der Waals surface area contributed by atoms with Gasteiger partial charge in [0.25, 0.3) is 11.5 Å². The van der Waals surface area contributed by atoms with Crippen molar-refractivity contribution < 1.29 is 4.79 Å². The van der Waals surface area contributed by atoms with Gasteiger partial charge in [-0.25, -0.2) is 4.68 Å². The molecule has 0 fully saturated rings. The Hall–Kier alpha value is -2.92. The molecular formula is C21H19ClN6O2S2. The molecular weight excluding hydrogens is 468 g/mol. The lowest BCUT2D eigenvalue weighted by Crippen LogP contribution is -2.21.